The maximum Gasteiger partial charge on any atom is 0.416 e. The molecule has 1 spiro atoms. The number of ether oxygens (including phenoxy) is 1. The molecule has 0 N–H and O–H groups in total. The number of nitrogens with zero attached hydrogens (tertiary/aromatic N) is 4. The van der Waals surface area contributed by atoms with Crippen molar-refractivity contribution < 1.29 is 22.7 Å². The van der Waals surface area contributed by atoms with Crippen LogP contribution in [0.3, 0.4) is 0 Å². The third kappa shape index (κ3) is 3.59. The van der Waals surface area contributed by atoms with Gasteiger partial charge in [-0.3, -0.25) is 4.79 Å². The zero-order valence-corrected chi connectivity index (χ0v) is 16.5. The van der Waals surface area contributed by atoms with Crippen LogP contribution in [0.15, 0.2) is 54.6 Å². The predicted octanol–water partition coefficient (Wildman–Crippen LogP) is 3.82. The summed E-state index contributed by atoms with van der Waals surface area (Å²) in [6.45, 7) is 2.48. The minimum absolute atomic E-state index is 0.0154. The van der Waals surface area contributed by atoms with Crippen molar-refractivity contribution in [1.82, 2.24) is 19.7 Å². The van der Waals surface area contributed by atoms with Crippen LogP contribution in [0.25, 0.3) is 17.1 Å². The summed E-state index contributed by atoms with van der Waals surface area (Å²) in [5.74, 6) is -0.0619. The minimum atomic E-state index is -4.49. The quantitative estimate of drug-likeness (QED) is 0.637. The molecule has 2 aliphatic heterocycles. The van der Waals surface area contributed by atoms with Crippen molar-refractivity contribution in [3.05, 3.63) is 66.0 Å². The Kier molecular flexibility index (Phi) is 4.58. The first-order valence-electron chi connectivity index (χ1n) is 9.92. The molecule has 2 saturated heterocycles. The van der Waals surface area contributed by atoms with Gasteiger partial charge in [0.05, 0.1) is 17.9 Å². The molecule has 31 heavy (non-hydrogen) atoms. The van der Waals surface area contributed by atoms with Crippen molar-refractivity contribution in [2.75, 3.05) is 26.3 Å². The number of carbonyl (C=O) groups excluding carboxylic acids is 1. The number of likely N-dealkylation sites (tertiary alicyclic amines) is 1. The molecule has 9 heteroatoms. The molecular formula is C22H19F3N4O2. The molecule has 6 nitrogen and oxygen atoms in total. The van der Waals surface area contributed by atoms with Crippen molar-refractivity contribution in [3.8, 4) is 17.1 Å². The van der Waals surface area contributed by atoms with Crippen molar-refractivity contribution >= 4 is 5.91 Å². The Morgan fingerprint density at radius 2 is 1.84 bits per heavy atom. The fourth-order valence-electron chi connectivity index (χ4n) is 4.12. The molecule has 2 aromatic carbocycles. The Labute approximate surface area is 176 Å². The number of rotatable bonds is 3. The third-order valence-electron chi connectivity index (χ3n) is 5.77. The number of alkyl halides is 3. The van der Waals surface area contributed by atoms with E-state index < -0.39 is 11.7 Å². The van der Waals surface area contributed by atoms with E-state index in [1.54, 1.807) is 29.2 Å². The second-order valence-corrected chi connectivity index (χ2v) is 8.05. The Hall–Kier alpha value is -3.20. The zero-order valence-electron chi connectivity index (χ0n) is 16.5. The van der Waals surface area contributed by atoms with Gasteiger partial charge in [0, 0.05) is 30.7 Å². The van der Waals surface area contributed by atoms with Crippen molar-refractivity contribution in [3.63, 3.8) is 0 Å². The van der Waals surface area contributed by atoms with Gasteiger partial charge in [-0.2, -0.15) is 13.2 Å². The van der Waals surface area contributed by atoms with E-state index in [0.717, 1.165) is 18.6 Å². The Balaban J connectivity index is 1.52. The number of amides is 1. The molecule has 3 heterocycles. The van der Waals surface area contributed by atoms with Crippen LogP contribution in [0.1, 0.15) is 22.6 Å². The van der Waals surface area contributed by atoms with Gasteiger partial charge in [0.2, 0.25) is 5.82 Å². The number of benzene rings is 2. The summed E-state index contributed by atoms with van der Waals surface area (Å²) in [4.78, 5) is 19.1. The molecule has 1 aromatic heterocycles. The average Bonchev–Trinajstić information content (AvgIpc) is 3.40. The standard InChI is InChI=1S/C22H19F3N4O2/c23-22(24,25)16-7-4-8-17(11-16)29-19(15-5-2-1-3-6-15)26-18(27-29)20(30)28-12-21(13-28)9-10-31-14-21/h1-8,11H,9-10,12-14H2. The Bertz CT molecular complexity index is 1110. The molecule has 2 fully saturated rings. The lowest BCUT2D eigenvalue weighted by molar-refractivity contribution is -0.137. The maximum atomic E-state index is 13.2. The molecule has 0 saturated carbocycles. The summed E-state index contributed by atoms with van der Waals surface area (Å²) in [6, 6.07) is 13.8. The molecule has 1 amide bonds. The fourth-order valence-corrected chi connectivity index (χ4v) is 4.12. The van der Waals surface area contributed by atoms with Crippen LogP contribution in [0.2, 0.25) is 0 Å². The van der Waals surface area contributed by atoms with Gasteiger partial charge in [0.1, 0.15) is 0 Å². The first-order chi connectivity index (χ1) is 14.8. The summed E-state index contributed by atoms with van der Waals surface area (Å²) in [5, 5.41) is 4.31. The molecule has 0 unspecified atom stereocenters. The molecule has 0 atom stereocenters. The Morgan fingerprint density at radius 3 is 2.52 bits per heavy atom. The van der Waals surface area contributed by atoms with Crippen LogP contribution in [0.4, 0.5) is 13.2 Å². The summed E-state index contributed by atoms with van der Waals surface area (Å²) >= 11 is 0. The molecule has 5 rings (SSSR count). The van der Waals surface area contributed by atoms with Gasteiger partial charge in [0.25, 0.3) is 5.91 Å². The highest BCUT2D eigenvalue weighted by Gasteiger charge is 2.48. The van der Waals surface area contributed by atoms with Gasteiger partial charge in [-0.05, 0) is 24.6 Å². The van der Waals surface area contributed by atoms with Crippen LogP contribution in [-0.2, 0) is 10.9 Å². The van der Waals surface area contributed by atoms with Crippen molar-refractivity contribution in [2.45, 2.75) is 12.6 Å². The Morgan fingerprint density at radius 1 is 1.06 bits per heavy atom. The van der Waals surface area contributed by atoms with Crippen LogP contribution in [-0.4, -0.2) is 51.9 Å². The maximum absolute atomic E-state index is 13.2. The van der Waals surface area contributed by atoms with E-state index in [1.807, 2.05) is 6.07 Å². The number of carbonyl (C=O) groups is 1. The van der Waals surface area contributed by atoms with Crippen LogP contribution in [0.5, 0.6) is 0 Å². The number of halogens is 3. The second kappa shape index (κ2) is 7.19. The van der Waals surface area contributed by atoms with E-state index in [2.05, 4.69) is 10.1 Å². The van der Waals surface area contributed by atoms with Gasteiger partial charge in [0.15, 0.2) is 5.82 Å². The SMILES string of the molecule is O=C(c1nc(-c2ccccc2)n(-c2cccc(C(F)(F)F)c2)n1)N1CC2(CCOC2)C1. The highest BCUT2D eigenvalue weighted by molar-refractivity contribution is 5.91. The molecular weight excluding hydrogens is 409 g/mol. The second-order valence-electron chi connectivity index (χ2n) is 8.05. The van der Waals surface area contributed by atoms with Crippen LogP contribution < -0.4 is 0 Å². The summed E-state index contributed by atoms with van der Waals surface area (Å²) in [6.07, 6.45) is -3.57. The van der Waals surface area contributed by atoms with E-state index in [-0.39, 0.29) is 22.8 Å². The zero-order chi connectivity index (χ0) is 21.6. The number of aromatic nitrogens is 3. The van der Waals surface area contributed by atoms with E-state index in [4.69, 9.17) is 4.74 Å². The van der Waals surface area contributed by atoms with Crippen LogP contribution in [0, 0.1) is 5.41 Å². The van der Waals surface area contributed by atoms with Gasteiger partial charge in [-0.15, -0.1) is 5.10 Å². The topological polar surface area (TPSA) is 60.2 Å². The minimum Gasteiger partial charge on any atom is -0.381 e. The molecule has 0 aliphatic carbocycles. The average molecular weight is 428 g/mol. The smallest absolute Gasteiger partial charge is 0.381 e. The van der Waals surface area contributed by atoms with Crippen molar-refractivity contribution in [2.24, 2.45) is 5.41 Å². The number of hydrogen-bond acceptors (Lipinski definition) is 4. The first-order valence-corrected chi connectivity index (χ1v) is 9.92. The van der Waals surface area contributed by atoms with Gasteiger partial charge in [-0.25, -0.2) is 9.67 Å². The van der Waals surface area contributed by atoms with Gasteiger partial charge >= 0.3 is 6.18 Å². The predicted molar refractivity (Wildman–Crippen MR) is 106 cm³/mol. The lowest BCUT2D eigenvalue weighted by atomic mass is 9.79. The highest BCUT2D eigenvalue weighted by Crippen LogP contribution is 2.39. The molecule has 160 valence electrons. The molecule has 3 aromatic rings. The lowest BCUT2D eigenvalue weighted by Gasteiger charge is -2.46. The van der Waals surface area contributed by atoms with Gasteiger partial charge in [-0.1, -0.05) is 36.4 Å². The summed E-state index contributed by atoms with van der Waals surface area (Å²) < 4.78 is 46.4. The largest absolute Gasteiger partial charge is 0.416 e. The molecule has 0 radical (unpaired) electrons. The molecule has 0 bridgehead atoms. The normalized spacial score (nSPS) is 17.7. The van der Waals surface area contributed by atoms with E-state index in [0.29, 0.717) is 37.7 Å². The third-order valence-corrected chi connectivity index (χ3v) is 5.77. The highest BCUT2D eigenvalue weighted by atomic mass is 19.4. The summed E-state index contributed by atoms with van der Waals surface area (Å²) in [5.41, 5.74) is 0.0557. The fraction of sp³-hybridized carbons (Fsp3) is 0.318. The summed E-state index contributed by atoms with van der Waals surface area (Å²) in [7, 11) is 0. The first kappa shape index (κ1) is 19.7. The lowest BCUT2D eigenvalue weighted by Crippen LogP contribution is -2.59. The van der Waals surface area contributed by atoms with E-state index >= 15 is 0 Å². The van der Waals surface area contributed by atoms with Crippen molar-refractivity contribution in [1.29, 1.82) is 0 Å². The van der Waals surface area contributed by atoms with E-state index in [1.165, 1.54) is 16.8 Å². The monoisotopic (exact) mass is 428 g/mol. The van der Waals surface area contributed by atoms with Crippen LogP contribution >= 0.6 is 0 Å². The molecule has 2 aliphatic rings. The van der Waals surface area contributed by atoms with Gasteiger partial charge < -0.3 is 9.64 Å². The van der Waals surface area contributed by atoms with E-state index in [9.17, 15) is 18.0 Å². The number of hydrogen-bond donors (Lipinski definition) is 0.